The van der Waals surface area contributed by atoms with Crippen molar-refractivity contribution in [3.8, 4) is 0 Å². The van der Waals surface area contributed by atoms with Crippen molar-refractivity contribution in [2.45, 2.75) is 33.2 Å². The molecule has 4 heteroatoms. The van der Waals surface area contributed by atoms with Crippen LogP contribution in [0.1, 0.15) is 36.1 Å². The van der Waals surface area contributed by atoms with Gasteiger partial charge in [0.05, 0.1) is 12.0 Å². The Hall–Kier alpha value is -2.62. The molecule has 130 valence electrons. The van der Waals surface area contributed by atoms with Crippen molar-refractivity contribution in [2.24, 2.45) is 5.92 Å². The SMILES string of the molecule is Cc1ccc(N2C[C@H](C(=O)N[C@H](C)c3ccccc3)CC2=O)cc1C. The van der Waals surface area contributed by atoms with Crippen LogP contribution in [-0.4, -0.2) is 18.4 Å². The Kier molecular flexibility index (Phi) is 4.88. The molecule has 2 aromatic carbocycles. The Bertz CT molecular complexity index is 786. The van der Waals surface area contributed by atoms with Crippen LogP contribution in [0.25, 0.3) is 0 Å². The largest absolute Gasteiger partial charge is 0.349 e. The topological polar surface area (TPSA) is 49.4 Å². The summed E-state index contributed by atoms with van der Waals surface area (Å²) in [7, 11) is 0. The first-order valence-electron chi connectivity index (χ1n) is 8.68. The van der Waals surface area contributed by atoms with Crippen LogP contribution in [0.3, 0.4) is 0 Å². The number of rotatable bonds is 4. The minimum Gasteiger partial charge on any atom is -0.349 e. The lowest BCUT2D eigenvalue weighted by molar-refractivity contribution is -0.126. The molecule has 1 saturated heterocycles. The van der Waals surface area contributed by atoms with E-state index in [0.29, 0.717) is 6.54 Å². The number of carbonyl (C=O) groups is 2. The molecule has 0 bridgehead atoms. The van der Waals surface area contributed by atoms with E-state index < -0.39 is 0 Å². The molecule has 2 amide bonds. The maximum absolute atomic E-state index is 12.6. The summed E-state index contributed by atoms with van der Waals surface area (Å²) in [6.45, 7) is 6.48. The highest BCUT2D eigenvalue weighted by Crippen LogP contribution is 2.27. The predicted octanol–water partition coefficient (Wildman–Crippen LogP) is 3.53. The van der Waals surface area contributed by atoms with E-state index in [1.807, 2.05) is 69.3 Å². The summed E-state index contributed by atoms with van der Waals surface area (Å²) in [4.78, 5) is 26.7. The smallest absolute Gasteiger partial charge is 0.227 e. The van der Waals surface area contributed by atoms with Gasteiger partial charge in [0.15, 0.2) is 0 Å². The molecule has 0 unspecified atom stereocenters. The van der Waals surface area contributed by atoms with Crippen LogP contribution in [0.4, 0.5) is 5.69 Å². The standard InChI is InChI=1S/C21H24N2O2/c1-14-9-10-19(11-15(14)2)23-13-18(12-20(23)24)21(25)22-16(3)17-7-5-4-6-8-17/h4-11,16,18H,12-13H2,1-3H3,(H,22,25)/t16-,18-/m1/s1. The van der Waals surface area contributed by atoms with Crippen molar-refractivity contribution in [1.82, 2.24) is 5.32 Å². The van der Waals surface area contributed by atoms with Crippen molar-refractivity contribution in [1.29, 1.82) is 0 Å². The second-order valence-electron chi connectivity index (χ2n) is 6.81. The molecule has 1 aliphatic heterocycles. The summed E-state index contributed by atoms with van der Waals surface area (Å²) in [6, 6.07) is 15.8. The number of hydrogen-bond acceptors (Lipinski definition) is 2. The maximum atomic E-state index is 12.6. The molecule has 0 aliphatic carbocycles. The molecule has 2 aromatic rings. The zero-order valence-electron chi connectivity index (χ0n) is 15.0. The summed E-state index contributed by atoms with van der Waals surface area (Å²) in [5, 5.41) is 3.03. The van der Waals surface area contributed by atoms with Gasteiger partial charge in [0, 0.05) is 18.7 Å². The lowest BCUT2D eigenvalue weighted by atomic mass is 10.1. The zero-order chi connectivity index (χ0) is 18.0. The Morgan fingerprint density at radius 3 is 2.52 bits per heavy atom. The van der Waals surface area contributed by atoms with Crippen LogP contribution in [0.5, 0.6) is 0 Å². The fourth-order valence-corrected chi connectivity index (χ4v) is 3.18. The van der Waals surface area contributed by atoms with Gasteiger partial charge in [-0.15, -0.1) is 0 Å². The molecule has 0 saturated carbocycles. The molecular formula is C21H24N2O2. The van der Waals surface area contributed by atoms with Crippen LogP contribution < -0.4 is 10.2 Å². The number of nitrogens with zero attached hydrogens (tertiary/aromatic N) is 1. The van der Waals surface area contributed by atoms with Gasteiger partial charge >= 0.3 is 0 Å². The van der Waals surface area contributed by atoms with E-state index in [2.05, 4.69) is 5.32 Å². The molecule has 3 rings (SSSR count). The average molecular weight is 336 g/mol. The second-order valence-corrected chi connectivity index (χ2v) is 6.81. The second kappa shape index (κ2) is 7.09. The predicted molar refractivity (Wildman–Crippen MR) is 99.4 cm³/mol. The normalized spacial score (nSPS) is 18.3. The lowest BCUT2D eigenvalue weighted by Crippen LogP contribution is -2.34. The van der Waals surface area contributed by atoms with Crippen LogP contribution >= 0.6 is 0 Å². The number of nitrogens with one attached hydrogen (secondary N) is 1. The summed E-state index contributed by atoms with van der Waals surface area (Å²) in [6.07, 6.45) is 0.264. The van der Waals surface area contributed by atoms with Gasteiger partial charge in [0.25, 0.3) is 0 Å². The highest BCUT2D eigenvalue weighted by molar-refractivity contribution is 6.00. The quantitative estimate of drug-likeness (QED) is 0.928. The van der Waals surface area contributed by atoms with Gasteiger partial charge in [0.2, 0.25) is 11.8 Å². The molecule has 4 nitrogen and oxygen atoms in total. The Morgan fingerprint density at radius 2 is 1.84 bits per heavy atom. The van der Waals surface area contributed by atoms with Gasteiger partial charge in [-0.3, -0.25) is 9.59 Å². The number of amides is 2. The van der Waals surface area contributed by atoms with E-state index in [-0.39, 0.29) is 30.2 Å². The molecule has 1 N–H and O–H groups in total. The van der Waals surface area contributed by atoms with Gasteiger partial charge in [0.1, 0.15) is 0 Å². The molecule has 1 fully saturated rings. The van der Waals surface area contributed by atoms with Gasteiger partial charge in [-0.2, -0.15) is 0 Å². The monoisotopic (exact) mass is 336 g/mol. The van der Waals surface area contributed by atoms with Crippen molar-refractivity contribution >= 4 is 17.5 Å². The Morgan fingerprint density at radius 1 is 1.12 bits per heavy atom. The maximum Gasteiger partial charge on any atom is 0.227 e. The molecule has 25 heavy (non-hydrogen) atoms. The van der Waals surface area contributed by atoms with Crippen molar-refractivity contribution < 1.29 is 9.59 Å². The number of carbonyl (C=O) groups excluding carboxylic acids is 2. The summed E-state index contributed by atoms with van der Waals surface area (Å²) in [5.74, 6) is -0.355. The molecule has 0 radical (unpaired) electrons. The van der Waals surface area contributed by atoms with Crippen molar-refractivity contribution in [3.63, 3.8) is 0 Å². The average Bonchev–Trinajstić information content (AvgIpc) is 3.00. The number of anilines is 1. The third-order valence-electron chi connectivity index (χ3n) is 4.96. The summed E-state index contributed by atoms with van der Waals surface area (Å²) < 4.78 is 0. The number of hydrogen-bond donors (Lipinski definition) is 1. The third-order valence-corrected chi connectivity index (χ3v) is 4.96. The molecule has 1 heterocycles. The minimum atomic E-state index is -0.305. The van der Waals surface area contributed by atoms with Crippen LogP contribution in [0, 0.1) is 19.8 Å². The van der Waals surface area contributed by atoms with E-state index in [0.717, 1.165) is 16.8 Å². The van der Waals surface area contributed by atoms with Crippen molar-refractivity contribution in [3.05, 3.63) is 65.2 Å². The van der Waals surface area contributed by atoms with Gasteiger partial charge in [-0.1, -0.05) is 36.4 Å². The van der Waals surface area contributed by atoms with Crippen LogP contribution in [0.2, 0.25) is 0 Å². The molecule has 2 atom stereocenters. The molecule has 0 aromatic heterocycles. The Labute approximate surface area is 148 Å². The fraction of sp³-hybridized carbons (Fsp3) is 0.333. The first-order chi connectivity index (χ1) is 12.0. The van der Waals surface area contributed by atoms with Gasteiger partial charge in [-0.25, -0.2) is 0 Å². The number of benzene rings is 2. The lowest BCUT2D eigenvalue weighted by Gasteiger charge is -2.19. The Balaban J connectivity index is 1.67. The van der Waals surface area contributed by atoms with Gasteiger partial charge in [-0.05, 0) is 49.6 Å². The molecule has 1 aliphatic rings. The van der Waals surface area contributed by atoms with E-state index >= 15 is 0 Å². The highest BCUT2D eigenvalue weighted by Gasteiger charge is 2.35. The number of aryl methyl sites for hydroxylation is 2. The summed E-state index contributed by atoms with van der Waals surface area (Å²) >= 11 is 0. The highest BCUT2D eigenvalue weighted by atomic mass is 16.2. The zero-order valence-corrected chi connectivity index (χ0v) is 15.0. The van der Waals surface area contributed by atoms with Gasteiger partial charge < -0.3 is 10.2 Å². The van der Waals surface area contributed by atoms with Crippen LogP contribution in [0.15, 0.2) is 48.5 Å². The van der Waals surface area contributed by atoms with E-state index in [9.17, 15) is 9.59 Å². The van der Waals surface area contributed by atoms with E-state index in [4.69, 9.17) is 0 Å². The third kappa shape index (κ3) is 3.73. The molecular weight excluding hydrogens is 312 g/mol. The molecule has 0 spiro atoms. The summed E-state index contributed by atoms with van der Waals surface area (Å²) in [5.41, 5.74) is 4.28. The first kappa shape index (κ1) is 17.2. The van der Waals surface area contributed by atoms with Crippen LogP contribution in [-0.2, 0) is 9.59 Å². The van der Waals surface area contributed by atoms with E-state index in [1.165, 1.54) is 5.56 Å². The first-order valence-corrected chi connectivity index (χ1v) is 8.68. The minimum absolute atomic E-state index is 0.00997. The fourth-order valence-electron chi connectivity index (χ4n) is 3.18. The van der Waals surface area contributed by atoms with Crippen molar-refractivity contribution in [2.75, 3.05) is 11.4 Å². The van der Waals surface area contributed by atoms with E-state index in [1.54, 1.807) is 4.90 Å².